The molecule has 0 bridgehead atoms. The van der Waals surface area contributed by atoms with Gasteiger partial charge in [-0.2, -0.15) is 9.78 Å². The molecule has 0 aliphatic rings. The molecule has 150 valence electrons. The average molecular weight is 399 g/mol. The molecule has 0 saturated heterocycles. The van der Waals surface area contributed by atoms with Gasteiger partial charge in [-0.25, -0.2) is 4.98 Å². The van der Waals surface area contributed by atoms with Crippen molar-refractivity contribution in [3.8, 4) is 11.5 Å². The molecule has 3 aromatic carbocycles. The van der Waals surface area contributed by atoms with E-state index in [1.165, 1.54) is 4.68 Å². The van der Waals surface area contributed by atoms with Crippen molar-refractivity contribution in [3.05, 3.63) is 100 Å². The molecule has 0 radical (unpaired) electrons. The molecular formula is C24H21N3O3. The minimum Gasteiger partial charge on any atom is -0.493 e. The van der Waals surface area contributed by atoms with Crippen molar-refractivity contribution in [2.75, 3.05) is 7.11 Å². The standard InChI is InChI=1S/C24H21N3O3/c1-17-26-21-11-7-6-10-20(21)24(28)27(17)25-15-19-12-13-22(29-2)23(14-19)30-16-18-8-4-3-5-9-18/h3-15H,16H2,1-2H3/b25-15-. The Morgan fingerprint density at radius 3 is 2.57 bits per heavy atom. The van der Waals surface area contributed by atoms with Crippen molar-refractivity contribution in [1.82, 2.24) is 9.66 Å². The fourth-order valence-corrected chi connectivity index (χ4v) is 3.12. The van der Waals surface area contributed by atoms with E-state index in [-0.39, 0.29) is 5.56 Å². The largest absolute Gasteiger partial charge is 0.493 e. The summed E-state index contributed by atoms with van der Waals surface area (Å²) < 4.78 is 12.7. The average Bonchev–Trinajstić information content (AvgIpc) is 2.78. The number of fused-ring (bicyclic) bond motifs is 1. The first kappa shape index (κ1) is 19.4. The van der Waals surface area contributed by atoms with Crippen LogP contribution < -0.4 is 15.0 Å². The molecule has 0 aliphatic heterocycles. The number of methoxy groups -OCH3 is 1. The maximum Gasteiger partial charge on any atom is 0.282 e. The normalized spacial score (nSPS) is 11.1. The second-order valence-corrected chi connectivity index (χ2v) is 6.72. The highest BCUT2D eigenvalue weighted by Crippen LogP contribution is 2.28. The second kappa shape index (κ2) is 8.61. The van der Waals surface area contributed by atoms with Crippen LogP contribution in [-0.2, 0) is 6.61 Å². The highest BCUT2D eigenvalue weighted by atomic mass is 16.5. The Labute approximate surface area is 174 Å². The molecular weight excluding hydrogens is 378 g/mol. The van der Waals surface area contributed by atoms with E-state index in [9.17, 15) is 4.79 Å². The van der Waals surface area contributed by atoms with E-state index in [4.69, 9.17) is 9.47 Å². The zero-order valence-corrected chi connectivity index (χ0v) is 16.8. The number of rotatable bonds is 6. The van der Waals surface area contributed by atoms with E-state index in [0.29, 0.717) is 34.8 Å². The predicted molar refractivity (Wildman–Crippen MR) is 118 cm³/mol. The van der Waals surface area contributed by atoms with Gasteiger partial charge in [0.25, 0.3) is 5.56 Å². The molecule has 0 fully saturated rings. The molecule has 4 aromatic rings. The number of para-hydroxylation sites is 1. The monoisotopic (exact) mass is 399 g/mol. The molecule has 0 aliphatic carbocycles. The van der Waals surface area contributed by atoms with E-state index < -0.39 is 0 Å². The molecule has 1 heterocycles. The van der Waals surface area contributed by atoms with Crippen LogP contribution in [0.15, 0.2) is 82.7 Å². The van der Waals surface area contributed by atoms with Gasteiger partial charge in [0, 0.05) is 0 Å². The molecule has 0 atom stereocenters. The summed E-state index contributed by atoms with van der Waals surface area (Å²) in [5, 5.41) is 4.89. The first-order chi connectivity index (χ1) is 14.7. The molecule has 30 heavy (non-hydrogen) atoms. The number of nitrogens with zero attached hydrogens (tertiary/aromatic N) is 3. The van der Waals surface area contributed by atoms with Crippen LogP contribution in [0.1, 0.15) is 17.0 Å². The highest BCUT2D eigenvalue weighted by Gasteiger charge is 2.08. The first-order valence-electron chi connectivity index (χ1n) is 9.53. The molecule has 0 amide bonds. The van der Waals surface area contributed by atoms with Gasteiger partial charge < -0.3 is 9.47 Å². The third-order valence-corrected chi connectivity index (χ3v) is 4.66. The molecule has 0 unspecified atom stereocenters. The van der Waals surface area contributed by atoms with E-state index in [1.807, 2.05) is 66.7 Å². The topological polar surface area (TPSA) is 65.7 Å². The zero-order valence-electron chi connectivity index (χ0n) is 16.8. The lowest BCUT2D eigenvalue weighted by Gasteiger charge is -2.11. The van der Waals surface area contributed by atoms with Gasteiger partial charge in [-0.1, -0.05) is 42.5 Å². The van der Waals surface area contributed by atoms with Crippen molar-refractivity contribution in [3.63, 3.8) is 0 Å². The van der Waals surface area contributed by atoms with E-state index >= 15 is 0 Å². The van der Waals surface area contributed by atoms with Crippen LogP contribution in [0.5, 0.6) is 11.5 Å². The van der Waals surface area contributed by atoms with Crippen molar-refractivity contribution >= 4 is 17.1 Å². The Morgan fingerprint density at radius 2 is 1.77 bits per heavy atom. The van der Waals surface area contributed by atoms with Crippen LogP contribution in [0.25, 0.3) is 10.9 Å². The third kappa shape index (κ3) is 4.07. The molecule has 4 rings (SSSR count). The minimum absolute atomic E-state index is 0.205. The summed E-state index contributed by atoms with van der Waals surface area (Å²) in [7, 11) is 1.60. The second-order valence-electron chi connectivity index (χ2n) is 6.72. The Hall–Kier alpha value is -3.93. The Kier molecular flexibility index (Phi) is 5.57. The molecule has 1 aromatic heterocycles. The molecule has 0 N–H and O–H groups in total. The maximum atomic E-state index is 12.8. The smallest absolute Gasteiger partial charge is 0.282 e. The summed E-state index contributed by atoms with van der Waals surface area (Å²) in [6.07, 6.45) is 1.61. The molecule has 6 heteroatoms. The number of benzene rings is 3. The SMILES string of the molecule is COc1ccc(/C=N\n2c(C)nc3ccccc3c2=O)cc1OCc1ccccc1. The van der Waals surface area contributed by atoms with E-state index in [0.717, 1.165) is 11.1 Å². The highest BCUT2D eigenvalue weighted by molar-refractivity contribution is 5.81. The Balaban J connectivity index is 1.63. The number of hydrogen-bond acceptors (Lipinski definition) is 5. The number of aryl methyl sites for hydroxylation is 1. The Morgan fingerprint density at radius 1 is 1.00 bits per heavy atom. The van der Waals surface area contributed by atoms with Gasteiger partial charge in [0.15, 0.2) is 11.5 Å². The first-order valence-corrected chi connectivity index (χ1v) is 9.53. The summed E-state index contributed by atoms with van der Waals surface area (Å²) in [6.45, 7) is 2.18. The van der Waals surface area contributed by atoms with Gasteiger partial charge in [0.2, 0.25) is 0 Å². The molecule has 6 nitrogen and oxygen atoms in total. The van der Waals surface area contributed by atoms with Crippen molar-refractivity contribution in [1.29, 1.82) is 0 Å². The number of hydrogen-bond donors (Lipinski definition) is 0. The third-order valence-electron chi connectivity index (χ3n) is 4.66. The van der Waals surface area contributed by atoms with Crippen molar-refractivity contribution in [2.45, 2.75) is 13.5 Å². The van der Waals surface area contributed by atoms with Gasteiger partial charge in [0.05, 0.1) is 24.2 Å². The number of aromatic nitrogens is 2. The zero-order chi connectivity index (χ0) is 20.9. The predicted octanol–water partition coefficient (Wildman–Crippen LogP) is 4.17. The number of ether oxygens (including phenoxy) is 2. The Bertz CT molecular complexity index is 1260. The van der Waals surface area contributed by atoms with Crippen molar-refractivity contribution in [2.24, 2.45) is 5.10 Å². The fourth-order valence-electron chi connectivity index (χ4n) is 3.12. The van der Waals surface area contributed by atoms with Crippen molar-refractivity contribution < 1.29 is 9.47 Å². The maximum absolute atomic E-state index is 12.8. The summed E-state index contributed by atoms with van der Waals surface area (Å²) in [5.74, 6) is 1.75. The summed E-state index contributed by atoms with van der Waals surface area (Å²) in [5.41, 5.74) is 2.29. The lowest BCUT2D eigenvalue weighted by molar-refractivity contribution is 0.284. The molecule has 0 spiro atoms. The van der Waals surface area contributed by atoms with Gasteiger partial charge in [-0.15, -0.1) is 0 Å². The van der Waals surface area contributed by atoms with Gasteiger partial charge in [0.1, 0.15) is 12.4 Å². The van der Waals surface area contributed by atoms with E-state index in [1.54, 1.807) is 26.3 Å². The fraction of sp³-hybridized carbons (Fsp3) is 0.125. The summed E-state index contributed by atoms with van der Waals surface area (Å²) in [6, 6.07) is 22.6. The van der Waals surface area contributed by atoms with Crippen LogP contribution in [-0.4, -0.2) is 23.0 Å². The van der Waals surface area contributed by atoms with E-state index in [2.05, 4.69) is 10.1 Å². The van der Waals surface area contributed by atoms with Crippen LogP contribution >= 0.6 is 0 Å². The van der Waals surface area contributed by atoms with Crippen LogP contribution in [0.3, 0.4) is 0 Å². The quantitative estimate of drug-likeness (QED) is 0.456. The van der Waals surface area contributed by atoms with Crippen LogP contribution in [0, 0.1) is 6.92 Å². The minimum atomic E-state index is -0.205. The van der Waals surface area contributed by atoms with Gasteiger partial charge in [-0.3, -0.25) is 4.79 Å². The van der Waals surface area contributed by atoms with Crippen LogP contribution in [0.4, 0.5) is 0 Å². The summed E-state index contributed by atoms with van der Waals surface area (Å²) in [4.78, 5) is 17.2. The lowest BCUT2D eigenvalue weighted by atomic mass is 10.2. The lowest BCUT2D eigenvalue weighted by Crippen LogP contribution is -2.20. The van der Waals surface area contributed by atoms with Crippen LogP contribution in [0.2, 0.25) is 0 Å². The van der Waals surface area contributed by atoms with Gasteiger partial charge >= 0.3 is 0 Å². The summed E-state index contributed by atoms with van der Waals surface area (Å²) >= 11 is 0. The van der Waals surface area contributed by atoms with Gasteiger partial charge in [-0.05, 0) is 48.4 Å². The molecule has 0 saturated carbocycles.